The summed E-state index contributed by atoms with van der Waals surface area (Å²) >= 11 is 5.16. The number of hydrogen-bond acceptors (Lipinski definition) is 4. The maximum Gasteiger partial charge on any atom is 0.244 e. The van der Waals surface area contributed by atoms with E-state index in [0.29, 0.717) is 10.9 Å². The number of aryl methyl sites for hydroxylation is 1. The van der Waals surface area contributed by atoms with Crippen LogP contribution < -0.4 is 10.5 Å². The van der Waals surface area contributed by atoms with E-state index < -0.39 is 0 Å². The lowest BCUT2D eigenvalue weighted by atomic mass is 10.0. The van der Waals surface area contributed by atoms with Gasteiger partial charge >= 0.3 is 0 Å². The van der Waals surface area contributed by atoms with Crippen molar-refractivity contribution in [3.8, 4) is 5.88 Å². The van der Waals surface area contributed by atoms with E-state index in [1.54, 1.807) is 0 Å². The molecule has 0 aliphatic carbocycles. The monoisotopic (exact) mass is 281 g/mol. The summed E-state index contributed by atoms with van der Waals surface area (Å²) in [4.78, 5) is 0.333. The number of rotatable bonds is 7. The van der Waals surface area contributed by atoms with Gasteiger partial charge in [-0.25, -0.2) is 0 Å². The third kappa shape index (κ3) is 3.86. The van der Waals surface area contributed by atoms with Crippen molar-refractivity contribution in [2.24, 2.45) is 5.73 Å². The number of hydrogen-bond donors (Lipinski definition) is 1. The molecule has 0 radical (unpaired) electrons. The van der Waals surface area contributed by atoms with Crippen molar-refractivity contribution in [1.82, 2.24) is 10.2 Å². The normalized spacial score (nSPS) is 12.2. The average molecular weight is 281 g/mol. The van der Waals surface area contributed by atoms with Crippen molar-refractivity contribution in [2.45, 2.75) is 59.5 Å². The van der Waals surface area contributed by atoms with E-state index in [0.717, 1.165) is 42.5 Å². The summed E-state index contributed by atoms with van der Waals surface area (Å²) in [6.07, 6.45) is 3.75. The first kappa shape index (κ1) is 15.8. The van der Waals surface area contributed by atoms with E-state index in [1.807, 2.05) is 13.8 Å². The first-order chi connectivity index (χ1) is 9.04. The largest absolute Gasteiger partial charge is 0.473 e. The molecule has 0 fully saturated rings. The van der Waals surface area contributed by atoms with Crippen LogP contribution in [0.1, 0.15) is 57.4 Å². The number of aromatic nitrogens is 2. The van der Waals surface area contributed by atoms with E-state index in [1.165, 1.54) is 0 Å². The van der Waals surface area contributed by atoms with Gasteiger partial charge in [-0.05, 0) is 31.7 Å². The smallest absolute Gasteiger partial charge is 0.244 e. The molecule has 106 valence electrons. The summed E-state index contributed by atoms with van der Waals surface area (Å²) in [5.41, 5.74) is 8.61. The highest BCUT2D eigenvalue weighted by molar-refractivity contribution is 7.80. The molecule has 1 rings (SSSR count). The van der Waals surface area contributed by atoms with Crippen LogP contribution in [0.5, 0.6) is 5.88 Å². The number of nitrogens with zero attached hydrogens (tertiary/aromatic N) is 2. The minimum Gasteiger partial charge on any atom is -0.473 e. The topological polar surface area (TPSA) is 61.0 Å². The molecule has 1 heterocycles. The summed E-state index contributed by atoms with van der Waals surface area (Å²) in [5.74, 6) is 0.475. The molecule has 0 aromatic carbocycles. The lowest BCUT2D eigenvalue weighted by Gasteiger charge is -2.18. The van der Waals surface area contributed by atoms with E-state index in [9.17, 15) is 0 Å². The van der Waals surface area contributed by atoms with E-state index in [-0.39, 0.29) is 6.10 Å². The average Bonchev–Trinajstić information content (AvgIpc) is 2.37. The van der Waals surface area contributed by atoms with E-state index >= 15 is 0 Å². The highest BCUT2D eigenvalue weighted by atomic mass is 32.1. The maximum atomic E-state index is 5.85. The van der Waals surface area contributed by atoms with Crippen LogP contribution in [0.3, 0.4) is 0 Å². The summed E-state index contributed by atoms with van der Waals surface area (Å²) < 4.78 is 5.85. The second-order valence-electron chi connectivity index (χ2n) is 4.59. The fraction of sp³-hybridized carbons (Fsp3) is 0.643. The Balaban J connectivity index is 3.20. The lowest BCUT2D eigenvalue weighted by molar-refractivity contribution is 0.198. The molecule has 0 spiro atoms. The molecule has 1 atom stereocenters. The van der Waals surface area contributed by atoms with Gasteiger partial charge in [-0.1, -0.05) is 39.4 Å². The van der Waals surface area contributed by atoms with Crippen LogP contribution in [0.15, 0.2) is 0 Å². The molecule has 1 aromatic rings. The Morgan fingerprint density at radius 1 is 1.26 bits per heavy atom. The Morgan fingerprint density at radius 3 is 2.42 bits per heavy atom. The van der Waals surface area contributed by atoms with Gasteiger partial charge < -0.3 is 10.5 Å². The Kier molecular flexibility index (Phi) is 6.15. The minimum absolute atomic E-state index is 0.0876. The zero-order valence-electron chi connectivity index (χ0n) is 12.2. The van der Waals surface area contributed by atoms with Crippen LogP contribution in [0, 0.1) is 0 Å². The standard InChI is InChI=1S/C14H23N3OS/c1-5-8-9(4)18-14-12(13(15)19)10(6-2)11(7-3)16-17-14/h9H,5-8H2,1-4H3,(H2,15,19). The molecule has 0 saturated heterocycles. The molecule has 2 N–H and O–H groups in total. The van der Waals surface area contributed by atoms with Gasteiger partial charge in [-0.2, -0.15) is 5.10 Å². The second kappa shape index (κ2) is 7.38. The van der Waals surface area contributed by atoms with Gasteiger partial charge in [-0.3, -0.25) is 0 Å². The van der Waals surface area contributed by atoms with Crippen molar-refractivity contribution in [2.75, 3.05) is 0 Å². The number of nitrogens with two attached hydrogens (primary N) is 1. The van der Waals surface area contributed by atoms with Crippen LogP contribution in [-0.2, 0) is 12.8 Å². The van der Waals surface area contributed by atoms with Crippen LogP contribution in [0.2, 0.25) is 0 Å². The molecule has 19 heavy (non-hydrogen) atoms. The van der Waals surface area contributed by atoms with Gasteiger partial charge in [0.15, 0.2) is 0 Å². The van der Waals surface area contributed by atoms with Crippen molar-refractivity contribution in [3.05, 3.63) is 16.8 Å². The SMILES string of the molecule is CCCC(C)Oc1nnc(CC)c(CC)c1C(N)=S. The predicted molar refractivity (Wildman–Crippen MR) is 81.7 cm³/mol. The fourth-order valence-electron chi connectivity index (χ4n) is 2.15. The second-order valence-corrected chi connectivity index (χ2v) is 5.03. The van der Waals surface area contributed by atoms with Crippen LogP contribution in [0.4, 0.5) is 0 Å². The minimum atomic E-state index is 0.0876. The van der Waals surface area contributed by atoms with E-state index in [4.69, 9.17) is 22.7 Å². The van der Waals surface area contributed by atoms with Gasteiger partial charge in [0, 0.05) is 0 Å². The Bertz CT molecular complexity index is 449. The summed E-state index contributed by atoms with van der Waals surface area (Å²) in [6, 6.07) is 0. The molecular weight excluding hydrogens is 258 g/mol. The highest BCUT2D eigenvalue weighted by Crippen LogP contribution is 2.24. The summed E-state index contributed by atoms with van der Waals surface area (Å²) in [5, 5.41) is 8.40. The van der Waals surface area contributed by atoms with Gasteiger partial charge in [0.25, 0.3) is 0 Å². The van der Waals surface area contributed by atoms with Crippen LogP contribution in [-0.4, -0.2) is 21.3 Å². The zero-order chi connectivity index (χ0) is 14.4. The van der Waals surface area contributed by atoms with Gasteiger partial charge in [0.2, 0.25) is 5.88 Å². The van der Waals surface area contributed by atoms with E-state index in [2.05, 4.69) is 24.0 Å². The molecule has 4 nitrogen and oxygen atoms in total. The molecule has 0 aliphatic rings. The third-order valence-electron chi connectivity index (χ3n) is 3.07. The predicted octanol–water partition coefficient (Wildman–Crippen LogP) is 2.80. The highest BCUT2D eigenvalue weighted by Gasteiger charge is 2.19. The molecule has 1 aromatic heterocycles. The number of ether oxygens (including phenoxy) is 1. The molecular formula is C14H23N3OS. The Morgan fingerprint density at radius 2 is 1.95 bits per heavy atom. The van der Waals surface area contributed by atoms with Gasteiger partial charge in [0.1, 0.15) is 4.99 Å². The fourth-order valence-corrected chi connectivity index (χ4v) is 2.36. The number of thiocarbonyl (C=S) groups is 1. The Hall–Kier alpha value is -1.23. The van der Waals surface area contributed by atoms with Crippen molar-refractivity contribution in [3.63, 3.8) is 0 Å². The van der Waals surface area contributed by atoms with Crippen LogP contribution >= 0.6 is 12.2 Å². The van der Waals surface area contributed by atoms with Gasteiger partial charge in [-0.15, -0.1) is 5.10 Å². The van der Waals surface area contributed by atoms with Crippen molar-refractivity contribution >= 4 is 17.2 Å². The van der Waals surface area contributed by atoms with Crippen molar-refractivity contribution < 1.29 is 4.74 Å². The van der Waals surface area contributed by atoms with Crippen LogP contribution in [0.25, 0.3) is 0 Å². The zero-order valence-corrected chi connectivity index (χ0v) is 13.0. The lowest BCUT2D eigenvalue weighted by Crippen LogP contribution is -2.21. The molecule has 0 amide bonds. The van der Waals surface area contributed by atoms with Crippen molar-refractivity contribution in [1.29, 1.82) is 0 Å². The first-order valence-electron chi connectivity index (χ1n) is 6.89. The molecule has 0 bridgehead atoms. The summed E-state index contributed by atoms with van der Waals surface area (Å²) in [7, 11) is 0. The molecule has 5 heteroatoms. The quantitative estimate of drug-likeness (QED) is 0.779. The maximum absolute atomic E-state index is 5.85. The first-order valence-corrected chi connectivity index (χ1v) is 7.30. The van der Waals surface area contributed by atoms with Gasteiger partial charge in [0.05, 0.1) is 17.4 Å². The molecule has 0 saturated carbocycles. The third-order valence-corrected chi connectivity index (χ3v) is 3.27. The molecule has 0 aliphatic heterocycles. The molecule has 1 unspecified atom stereocenters. The Labute approximate surface area is 120 Å². The summed E-state index contributed by atoms with van der Waals surface area (Å²) in [6.45, 7) is 8.26.